The van der Waals surface area contributed by atoms with Gasteiger partial charge in [-0.15, -0.1) is 11.3 Å². The van der Waals surface area contributed by atoms with Crippen LogP contribution in [0.5, 0.6) is 11.5 Å². The number of benzene rings is 2. The molecule has 4 heterocycles. The number of methoxy groups -OCH3 is 2. The molecule has 0 saturated heterocycles. The second-order valence-electron chi connectivity index (χ2n) is 9.71. The molecule has 0 amide bonds. The first-order chi connectivity index (χ1) is 23.4. The smallest absolute Gasteiger partial charge is 0.230 e. The van der Waals surface area contributed by atoms with E-state index in [1.807, 2.05) is 42.5 Å². The Labute approximate surface area is 280 Å². The van der Waals surface area contributed by atoms with Crippen LogP contribution in [0.1, 0.15) is 21.9 Å². The van der Waals surface area contributed by atoms with Gasteiger partial charge in [-0.1, -0.05) is 23.7 Å². The zero-order chi connectivity index (χ0) is 33.9. The number of anilines is 2. The molecular weight excluding hydrogens is 633 g/mol. The van der Waals surface area contributed by atoms with E-state index in [-0.39, 0.29) is 11.1 Å². The van der Waals surface area contributed by atoms with Crippen molar-refractivity contribution in [1.82, 2.24) is 15.0 Å². The van der Waals surface area contributed by atoms with Crippen LogP contribution in [0.15, 0.2) is 83.3 Å². The third-order valence-corrected chi connectivity index (χ3v) is 7.60. The summed E-state index contributed by atoms with van der Waals surface area (Å²) in [6, 6.07) is 19.7. The van der Waals surface area contributed by atoms with Crippen molar-refractivity contribution in [3.8, 4) is 35.2 Å². The highest BCUT2D eigenvalue weighted by molar-refractivity contribution is 7.19. The Morgan fingerprint density at radius 3 is 1.94 bits per heavy atom. The van der Waals surface area contributed by atoms with E-state index in [1.165, 1.54) is 0 Å². The van der Waals surface area contributed by atoms with Gasteiger partial charge in [0, 0.05) is 19.5 Å². The molecule has 0 unspecified atom stereocenters. The van der Waals surface area contributed by atoms with Gasteiger partial charge in [0.2, 0.25) is 11.9 Å². The summed E-state index contributed by atoms with van der Waals surface area (Å²) < 4.78 is 44.5. The predicted octanol–water partition coefficient (Wildman–Crippen LogP) is 8.03. The Balaban J connectivity index is 0.000000188. The molecule has 0 saturated carbocycles. The fourth-order valence-electron chi connectivity index (χ4n) is 4.18. The van der Waals surface area contributed by atoms with Crippen molar-refractivity contribution in [1.29, 1.82) is 0 Å². The molecular formula is C37H29F2N5O3S. The quantitative estimate of drug-likeness (QED) is 0.137. The van der Waals surface area contributed by atoms with Crippen LogP contribution in [-0.2, 0) is 0 Å². The Kier molecular flexibility index (Phi) is 11.0. The first-order valence-corrected chi connectivity index (χ1v) is 15.3. The maximum Gasteiger partial charge on any atom is 0.230 e. The molecule has 0 radical (unpaired) electrons. The van der Waals surface area contributed by atoms with Gasteiger partial charge in [-0.25, -0.2) is 15.0 Å². The zero-order valence-electron chi connectivity index (χ0n) is 26.4. The number of pyridine rings is 2. The third kappa shape index (κ3) is 8.55. The number of ether oxygens (including phenoxy) is 2. The molecule has 0 bridgehead atoms. The van der Waals surface area contributed by atoms with Crippen molar-refractivity contribution >= 4 is 56.3 Å². The largest absolute Gasteiger partial charge is 0.497 e. The molecule has 4 aromatic heterocycles. The Hall–Kier alpha value is -6.17. The van der Waals surface area contributed by atoms with E-state index in [2.05, 4.69) is 49.3 Å². The fourth-order valence-corrected chi connectivity index (χ4v) is 5.08. The van der Waals surface area contributed by atoms with Gasteiger partial charge in [0.05, 0.1) is 35.6 Å². The summed E-state index contributed by atoms with van der Waals surface area (Å²) >= 11 is 1.54. The van der Waals surface area contributed by atoms with Crippen LogP contribution < -0.4 is 20.1 Å². The van der Waals surface area contributed by atoms with Crippen molar-refractivity contribution in [3.05, 3.63) is 113 Å². The van der Waals surface area contributed by atoms with Crippen LogP contribution in [0.25, 0.3) is 33.3 Å². The van der Waals surface area contributed by atoms with Crippen molar-refractivity contribution in [2.75, 3.05) is 38.9 Å². The lowest BCUT2D eigenvalue weighted by atomic mass is 10.2. The van der Waals surface area contributed by atoms with Gasteiger partial charge in [0.15, 0.2) is 0 Å². The lowest BCUT2D eigenvalue weighted by Gasteiger charge is -1.98. The van der Waals surface area contributed by atoms with Crippen LogP contribution in [0, 0.1) is 35.6 Å². The first-order valence-electron chi connectivity index (χ1n) is 14.5. The normalized spacial score (nSPS) is 10.6. The first kappa shape index (κ1) is 33.2. The maximum absolute atomic E-state index is 13.7. The molecule has 2 aromatic carbocycles. The molecule has 8 nitrogen and oxygen atoms in total. The van der Waals surface area contributed by atoms with Crippen LogP contribution in [0.4, 0.5) is 20.4 Å². The average molecular weight is 662 g/mol. The average Bonchev–Trinajstić information content (AvgIpc) is 3.72. The molecule has 6 aromatic rings. The summed E-state index contributed by atoms with van der Waals surface area (Å²) in [6.07, 6.45) is 6.80. The summed E-state index contributed by atoms with van der Waals surface area (Å²) in [7, 11) is 6.62. The van der Waals surface area contributed by atoms with Gasteiger partial charge in [-0.2, -0.15) is 8.78 Å². The van der Waals surface area contributed by atoms with Crippen LogP contribution >= 0.6 is 11.3 Å². The van der Waals surface area contributed by atoms with Gasteiger partial charge in [-0.3, -0.25) is 0 Å². The second kappa shape index (κ2) is 15.9. The van der Waals surface area contributed by atoms with Crippen LogP contribution in [0.2, 0.25) is 0 Å². The lowest BCUT2D eigenvalue weighted by Crippen LogP contribution is -1.96. The van der Waals surface area contributed by atoms with Gasteiger partial charge in [-0.05, 0) is 91.0 Å². The fraction of sp³-hybridized carbons (Fsp3) is 0.108. The highest BCUT2D eigenvalue weighted by Crippen LogP contribution is 2.27. The molecule has 0 fully saturated rings. The topological polar surface area (TPSA) is 94.3 Å². The van der Waals surface area contributed by atoms with E-state index in [0.29, 0.717) is 17.4 Å². The van der Waals surface area contributed by atoms with E-state index in [4.69, 9.17) is 13.9 Å². The summed E-state index contributed by atoms with van der Waals surface area (Å²) in [4.78, 5) is 12.0. The molecule has 0 atom stereocenters. The van der Waals surface area contributed by atoms with Crippen molar-refractivity contribution in [2.45, 2.75) is 0 Å². The second-order valence-corrected chi connectivity index (χ2v) is 10.8. The van der Waals surface area contributed by atoms with E-state index in [9.17, 15) is 8.78 Å². The third-order valence-electron chi connectivity index (χ3n) is 6.62. The SMILES string of the molecule is CNc1ccc(C#C/C=C/c2cc3cc(OC)ccc3o2)c(F)n1.CNc1ccc(C#C/C=C/c2nc3ccc(OC)cc3s2)c(F)n1. The number of aromatic nitrogens is 3. The molecule has 11 heteroatoms. The molecule has 6 rings (SSSR count). The molecule has 48 heavy (non-hydrogen) atoms. The minimum absolute atomic E-state index is 0.244. The highest BCUT2D eigenvalue weighted by atomic mass is 32.1. The molecule has 2 N–H and O–H groups in total. The summed E-state index contributed by atoms with van der Waals surface area (Å²) in [6.45, 7) is 0. The van der Waals surface area contributed by atoms with Crippen LogP contribution in [-0.4, -0.2) is 43.3 Å². The van der Waals surface area contributed by atoms with E-state index >= 15 is 0 Å². The number of nitrogens with zero attached hydrogens (tertiary/aromatic N) is 3. The monoisotopic (exact) mass is 661 g/mol. The highest BCUT2D eigenvalue weighted by Gasteiger charge is 2.05. The van der Waals surface area contributed by atoms with E-state index < -0.39 is 11.9 Å². The van der Waals surface area contributed by atoms with E-state index in [1.54, 1.807) is 88.2 Å². The maximum atomic E-state index is 13.7. The summed E-state index contributed by atoms with van der Waals surface area (Å²) in [5, 5.41) is 7.32. The van der Waals surface area contributed by atoms with Gasteiger partial charge >= 0.3 is 0 Å². The van der Waals surface area contributed by atoms with Gasteiger partial charge in [0.25, 0.3) is 0 Å². The van der Waals surface area contributed by atoms with Crippen molar-refractivity contribution in [2.24, 2.45) is 0 Å². The number of allylic oxidation sites excluding steroid dienone is 2. The van der Waals surface area contributed by atoms with Gasteiger partial charge < -0.3 is 24.5 Å². The zero-order valence-corrected chi connectivity index (χ0v) is 27.2. The number of nitrogens with one attached hydrogen (secondary N) is 2. The molecule has 0 aliphatic rings. The minimum Gasteiger partial charge on any atom is -0.497 e. The minimum atomic E-state index is -0.599. The van der Waals surface area contributed by atoms with E-state index in [0.717, 1.165) is 37.7 Å². The lowest BCUT2D eigenvalue weighted by molar-refractivity contribution is 0.415. The molecule has 0 aliphatic carbocycles. The number of hydrogen-bond donors (Lipinski definition) is 2. The number of halogens is 2. The Morgan fingerprint density at radius 1 is 0.729 bits per heavy atom. The van der Waals surface area contributed by atoms with Crippen molar-refractivity contribution in [3.63, 3.8) is 0 Å². The number of furan rings is 1. The summed E-state index contributed by atoms with van der Waals surface area (Å²) in [5.74, 6) is 13.0. The predicted molar refractivity (Wildman–Crippen MR) is 188 cm³/mol. The summed E-state index contributed by atoms with van der Waals surface area (Å²) in [5.41, 5.74) is 2.17. The molecule has 0 spiro atoms. The number of thiazole rings is 1. The number of fused-ring (bicyclic) bond motifs is 2. The number of rotatable bonds is 6. The van der Waals surface area contributed by atoms with Crippen LogP contribution in [0.3, 0.4) is 0 Å². The van der Waals surface area contributed by atoms with Gasteiger partial charge in [0.1, 0.15) is 39.5 Å². The Bertz CT molecular complexity index is 2090. The van der Waals surface area contributed by atoms with Crippen molar-refractivity contribution < 1.29 is 22.7 Å². The standard InChI is InChI=1S/C19H15FN2O2.C18H14FN3OS/c1-21-18-10-7-13(19(20)22-18)5-3-4-6-16-12-14-11-15(23-2)8-9-17(14)24-16;1-20-16-10-7-12(18(19)22-16)5-3-4-6-17-21-14-9-8-13(23-2)11-15(14)24-17/h4,6-12H,1-2H3,(H,21,22);4,6-11H,1-2H3,(H,20,22)/b2*6-4+. The molecule has 240 valence electrons. The molecule has 0 aliphatic heterocycles. The number of hydrogen-bond acceptors (Lipinski definition) is 9. The Morgan fingerprint density at radius 2 is 1.33 bits per heavy atom.